The van der Waals surface area contributed by atoms with Crippen LogP contribution in [-0.2, 0) is 19.4 Å². The van der Waals surface area contributed by atoms with Crippen molar-refractivity contribution in [1.82, 2.24) is 0 Å². The number of methoxy groups -OCH3 is 1. The van der Waals surface area contributed by atoms with E-state index in [9.17, 15) is 0 Å². The number of ether oxygens (including phenoxy) is 1. The van der Waals surface area contributed by atoms with Gasteiger partial charge in [-0.2, -0.15) is 0 Å². The first-order chi connectivity index (χ1) is 12.8. The number of anilines is 1. The summed E-state index contributed by atoms with van der Waals surface area (Å²) in [5.41, 5.74) is 6.88. The lowest BCUT2D eigenvalue weighted by atomic mass is 9.79. The Labute approximate surface area is 155 Å². The van der Waals surface area contributed by atoms with Crippen molar-refractivity contribution in [3.8, 4) is 5.75 Å². The molecule has 3 aromatic carbocycles. The van der Waals surface area contributed by atoms with Crippen molar-refractivity contribution in [3.63, 3.8) is 0 Å². The molecule has 0 saturated heterocycles. The summed E-state index contributed by atoms with van der Waals surface area (Å²) in [7, 11) is 1.73. The molecule has 1 aliphatic carbocycles. The van der Waals surface area contributed by atoms with Crippen molar-refractivity contribution in [1.29, 1.82) is 0 Å². The molecule has 1 unspecified atom stereocenters. The minimum Gasteiger partial charge on any atom is -0.497 e. The molecule has 4 rings (SSSR count). The minimum atomic E-state index is 0.550. The molecule has 0 amide bonds. The monoisotopic (exact) mass is 343 g/mol. The highest BCUT2D eigenvalue weighted by Gasteiger charge is 2.22. The van der Waals surface area contributed by atoms with Crippen LogP contribution in [0, 0.1) is 0 Å². The first kappa shape index (κ1) is 16.7. The molecule has 26 heavy (non-hydrogen) atoms. The quantitative estimate of drug-likeness (QED) is 0.653. The van der Waals surface area contributed by atoms with Crippen molar-refractivity contribution >= 4 is 5.69 Å². The van der Waals surface area contributed by atoms with Gasteiger partial charge in [-0.3, -0.25) is 0 Å². The molecule has 1 N–H and O–H groups in total. The van der Waals surface area contributed by atoms with Crippen LogP contribution in [0.4, 0.5) is 5.69 Å². The summed E-state index contributed by atoms with van der Waals surface area (Å²) in [5.74, 6) is 1.45. The summed E-state index contributed by atoms with van der Waals surface area (Å²) in [6, 6.07) is 25.9. The lowest BCUT2D eigenvalue weighted by Crippen LogP contribution is -2.14. The van der Waals surface area contributed by atoms with Gasteiger partial charge in [0.15, 0.2) is 0 Å². The van der Waals surface area contributed by atoms with E-state index in [0.717, 1.165) is 25.1 Å². The SMILES string of the molecule is COc1ccc(C2CCc3ccccc3C2)c(NCc2ccccc2)c1. The van der Waals surface area contributed by atoms with Gasteiger partial charge in [0.2, 0.25) is 0 Å². The minimum absolute atomic E-state index is 0.550. The number of benzene rings is 3. The van der Waals surface area contributed by atoms with Crippen LogP contribution < -0.4 is 10.1 Å². The molecule has 0 aromatic heterocycles. The van der Waals surface area contributed by atoms with Crippen molar-refractivity contribution in [2.75, 3.05) is 12.4 Å². The van der Waals surface area contributed by atoms with Gasteiger partial charge in [0.05, 0.1) is 7.11 Å². The number of nitrogens with one attached hydrogen (secondary N) is 1. The molecular formula is C24H25NO. The smallest absolute Gasteiger partial charge is 0.120 e. The van der Waals surface area contributed by atoms with Gasteiger partial charge in [-0.15, -0.1) is 0 Å². The normalized spacial score (nSPS) is 16.0. The second kappa shape index (κ2) is 7.65. The van der Waals surface area contributed by atoms with E-state index in [4.69, 9.17) is 4.74 Å². The van der Waals surface area contributed by atoms with Crippen LogP contribution in [0.2, 0.25) is 0 Å². The van der Waals surface area contributed by atoms with Gasteiger partial charge in [0.25, 0.3) is 0 Å². The maximum Gasteiger partial charge on any atom is 0.120 e. The maximum absolute atomic E-state index is 5.47. The van der Waals surface area contributed by atoms with E-state index in [-0.39, 0.29) is 0 Å². The molecule has 0 radical (unpaired) electrons. The third-order valence-electron chi connectivity index (χ3n) is 5.37. The van der Waals surface area contributed by atoms with Crippen molar-refractivity contribution < 1.29 is 4.74 Å². The van der Waals surface area contributed by atoms with E-state index < -0.39 is 0 Å². The first-order valence-corrected chi connectivity index (χ1v) is 9.36. The van der Waals surface area contributed by atoms with Gasteiger partial charge in [-0.1, -0.05) is 60.7 Å². The van der Waals surface area contributed by atoms with Crippen LogP contribution in [-0.4, -0.2) is 7.11 Å². The zero-order chi connectivity index (χ0) is 17.8. The maximum atomic E-state index is 5.47. The second-order valence-corrected chi connectivity index (χ2v) is 7.00. The molecule has 0 aliphatic heterocycles. The summed E-state index contributed by atoms with van der Waals surface area (Å²) in [6.07, 6.45) is 3.47. The van der Waals surface area contributed by atoms with E-state index in [1.54, 1.807) is 7.11 Å². The largest absolute Gasteiger partial charge is 0.497 e. The van der Waals surface area contributed by atoms with Gasteiger partial charge >= 0.3 is 0 Å². The lowest BCUT2D eigenvalue weighted by Gasteiger charge is -2.27. The Morgan fingerprint density at radius 2 is 1.69 bits per heavy atom. The fourth-order valence-corrected chi connectivity index (χ4v) is 3.93. The zero-order valence-corrected chi connectivity index (χ0v) is 15.2. The van der Waals surface area contributed by atoms with Gasteiger partial charge < -0.3 is 10.1 Å². The van der Waals surface area contributed by atoms with E-state index in [1.807, 2.05) is 0 Å². The van der Waals surface area contributed by atoms with Crippen LogP contribution in [0.3, 0.4) is 0 Å². The Morgan fingerprint density at radius 1 is 0.923 bits per heavy atom. The highest BCUT2D eigenvalue weighted by Crippen LogP contribution is 2.37. The Bertz CT molecular complexity index is 872. The average molecular weight is 343 g/mol. The topological polar surface area (TPSA) is 21.3 Å². The van der Waals surface area contributed by atoms with Crippen LogP contribution in [0.5, 0.6) is 5.75 Å². The third kappa shape index (κ3) is 3.60. The molecule has 132 valence electrons. The molecule has 1 aliphatic rings. The van der Waals surface area contributed by atoms with Crippen molar-refractivity contribution in [3.05, 3.63) is 95.1 Å². The van der Waals surface area contributed by atoms with Crippen LogP contribution >= 0.6 is 0 Å². The highest BCUT2D eigenvalue weighted by molar-refractivity contribution is 5.57. The number of fused-ring (bicyclic) bond motifs is 1. The number of hydrogen-bond donors (Lipinski definition) is 1. The molecule has 3 aromatic rings. The number of aryl methyl sites for hydroxylation is 1. The molecule has 0 spiro atoms. The fourth-order valence-electron chi connectivity index (χ4n) is 3.93. The Balaban J connectivity index is 1.59. The van der Waals surface area contributed by atoms with E-state index in [0.29, 0.717) is 5.92 Å². The van der Waals surface area contributed by atoms with E-state index >= 15 is 0 Å². The van der Waals surface area contributed by atoms with E-state index in [2.05, 4.69) is 78.1 Å². The predicted octanol–water partition coefficient (Wildman–Crippen LogP) is 5.58. The second-order valence-electron chi connectivity index (χ2n) is 7.00. The fraction of sp³-hybridized carbons (Fsp3) is 0.250. The summed E-state index contributed by atoms with van der Waals surface area (Å²) in [6.45, 7) is 0.824. The highest BCUT2D eigenvalue weighted by atomic mass is 16.5. The molecule has 0 bridgehead atoms. The van der Waals surface area contributed by atoms with Gasteiger partial charge in [0, 0.05) is 18.3 Å². The van der Waals surface area contributed by atoms with Crippen LogP contribution in [0.25, 0.3) is 0 Å². The van der Waals surface area contributed by atoms with Gasteiger partial charge in [-0.05, 0) is 53.5 Å². The predicted molar refractivity (Wildman–Crippen MR) is 108 cm³/mol. The van der Waals surface area contributed by atoms with Gasteiger partial charge in [0.1, 0.15) is 5.75 Å². The van der Waals surface area contributed by atoms with Crippen molar-refractivity contribution in [2.45, 2.75) is 31.7 Å². The third-order valence-corrected chi connectivity index (χ3v) is 5.37. The van der Waals surface area contributed by atoms with Gasteiger partial charge in [-0.25, -0.2) is 0 Å². The van der Waals surface area contributed by atoms with Crippen LogP contribution in [0.1, 0.15) is 34.6 Å². The molecule has 2 heteroatoms. The molecule has 0 heterocycles. The zero-order valence-electron chi connectivity index (χ0n) is 15.2. The standard InChI is InChI=1S/C24H25NO/c1-26-22-13-14-23(21-12-11-19-9-5-6-10-20(19)15-21)24(16-22)25-17-18-7-3-2-4-8-18/h2-10,13-14,16,21,25H,11-12,15,17H2,1H3. The summed E-state index contributed by atoms with van der Waals surface area (Å²) < 4.78 is 5.47. The Morgan fingerprint density at radius 3 is 2.50 bits per heavy atom. The number of rotatable bonds is 5. The molecule has 2 nitrogen and oxygen atoms in total. The van der Waals surface area contributed by atoms with E-state index in [1.165, 1.54) is 34.4 Å². The van der Waals surface area contributed by atoms with Crippen LogP contribution in [0.15, 0.2) is 72.8 Å². The first-order valence-electron chi connectivity index (χ1n) is 9.36. The summed E-state index contributed by atoms with van der Waals surface area (Å²) >= 11 is 0. The Hall–Kier alpha value is -2.74. The number of hydrogen-bond acceptors (Lipinski definition) is 2. The molecule has 0 fully saturated rings. The molecule has 1 atom stereocenters. The molecule has 0 saturated carbocycles. The summed E-state index contributed by atoms with van der Waals surface area (Å²) in [4.78, 5) is 0. The average Bonchev–Trinajstić information content (AvgIpc) is 2.72. The lowest BCUT2D eigenvalue weighted by molar-refractivity contribution is 0.414. The summed E-state index contributed by atoms with van der Waals surface area (Å²) in [5, 5.41) is 3.65. The Kier molecular flexibility index (Phi) is 4.92. The molecular weight excluding hydrogens is 318 g/mol. The van der Waals surface area contributed by atoms with Crippen molar-refractivity contribution in [2.24, 2.45) is 0 Å².